The van der Waals surface area contributed by atoms with Crippen molar-refractivity contribution in [1.29, 1.82) is 0 Å². The van der Waals surface area contributed by atoms with Crippen LogP contribution in [0.2, 0.25) is 0 Å². The van der Waals surface area contributed by atoms with Crippen molar-refractivity contribution < 1.29 is 37.8 Å². The number of pyridine rings is 1. The number of carbonyl (C=O) groups excluding carboxylic acids is 3. The third kappa shape index (κ3) is 5.71. The van der Waals surface area contributed by atoms with Crippen molar-refractivity contribution in [1.82, 2.24) is 9.88 Å². The number of carboxylic acids is 1. The molecule has 3 aliphatic rings. The first-order valence-electron chi connectivity index (χ1n) is 14.4. The largest absolute Gasteiger partial charge is 0.477 e. The topological polar surface area (TPSA) is 176 Å². The van der Waals surface area contributed by atoms with Crippen LogP contribution in [0, 0.1) is 11.6 Å². The number of carboxylic acid groups (broad SMARTS) is 1. The third-order valence-corrected chi connectivity index (χ3v) is 8.33. The normalized spacial score (nSPS) is 20.7. The van der Waals surface area contributed by atoms with E-state index in [1.54, 1.807) is 9.47 Å². The minimum absolute atomic E-state index is 0.00278. The number of nitrogens with two attached hydrogens (primary N) is 1. The van der Waals surface area contributed by atoms with E-state index in [2.05, 4.69) is 10.6 Å². The fourth-order valence-electron chi connectivity index (χ4n) is 5.69. The first-order valence-corrected chi connectivity index (χ1v) is 14.4. The highest BCUT2D eigenvalue weighted by Crippen LogP contribution is 2.38. The number of piperazine rings is 1. The van der Waals surface area contributed by atoms with E-state index < -0.39 is 58.8 Å². The number of nitrogens with zero attached hydrogens (tertiary/aromatic N) is 3. The number of amides is 2. The number of fused-ring (bicyclic) bond motifs is 1. The van der Waals surface area contributed by atoms with Gasteiger partial charge in [-0.1, -0.05) is 0 Å². The minimum atomic E-state index is -1.38. The molecule has 2 saturated heterocycles. The van der Waals surface area contributed by atoms with Crippen molar-refractivity contribution in [2.75, 3.05) is 41.3 Å². The predicted molar refractivity (Wildman–Crippen MR) is 159 cm³/mol. The summed E-state index contributed by atoms with van der Waals surface area (Å²) in [6.45, 7) is 1.88. The Morgan fingerprint density at radius 2 is 1.87 bits per heavy atom. The number of aromatic carboxylic acids is 1. The molecule has 1 unspecified atom stereocenters. The van der Waals surface area contributed by atoms with Crippen molar-refractivity contribution >= 4 is 51.7 Å². The Hall–Kier alpha value is -4.89. The average Bonchev–Trinajstić information content (AvgIpc) is 3.78. The second-order valence-electron chi connectivity index (χ2n) is 11.4. The van der Waals surface area contributed by atoms with Crippen LogP contribution in [0.1, 0.15) is 36.2 Å². The first kappa shape index (κ1) is 30.1. The van der Waals surface area contributed by atoms with Gasteiger partial charge in [-0.3, -0.25) is 19.3 Å². The minimum Gasteiger partial charge on any atom is -0.477 e. The van der Waals surface area contributed by atoms with Gasteiger partial charge in [-0.15, -0.1) is 0 Å². The molecule has 1 saturated carbocycles. The highest BCUT2D eigenvalue weighted by molar-refractivity contribution is 5.97. The molecule has 5 N–H and O–H groups in total. The van der Waals surface area contributed by atoms with Crippen LogP contribution >= 0.6 is 0 Å². The molecule has 1 aromatic heterocycles. The highest BCUT2D eigenvalue weighted by atomic mass is 19.1. The maximum absolute atomic E-state index is 15.4. The molecule has 3 heterocycles. The van der Waals surface area contributed by atoms with Crippen molar-refractivity contribution in [3.63, 3.8) is 0 Å². The van der Waals surface area contributed by atoms with Gasteiger partial charge in [0.2, 0.25) is 11.3 Å². The Morgan fingerprint density at radius 1 is 1.11 bits per heavy atom. The number of nitrogens with one attached hydrogen (secondary N) is 2. The van der Waals surface area contributed by atoms with Gasteiger partial charge in [-0.25, -0.2) is 18.4 Å². The third-order valence-electron chi connectivity index (χ3n) is 8.33. The molecule has 1 aliphatic carbocycles. The first-order chi connectivity index (χ1) is 21.4. The van der Waals surface area contributed by atoms with Gasteiger partial charge in [-0.05, 0) is 50.1 Å². The van der Waals surface area contributed by atoms with Crippen LogP contribution in [0.25, 0.3) is 10.9 Å². The monoisotopic (exact) mass is 624 g/mol. The fourth-order valence-corrected chi connectivity index (χ4v) is 5.69. The van der Waals surface area contributed by atoms with Crippen molar-refractivity contribution in [3.05, 3.63) is 63.9 Å². The summed E-state index contributed by atoms with van der Waals surface area (Å²) in [5, 5.41) is 15.0. The van der Waals surface area contributed by atoms with Crippen molar-refractivity contribution in [2.45, 2.75) is 44.0 Å². The molecule has 2 aliphatic heterocycles. The lowest BCUT2D eigenvalue weighted by atomic mass is 10.1. The summed E-state index contributed by atoms with van der Waals surface area (Å²) in [6, 6.07) is 4.44. The van der Waals surface area contributed by atoms with Crippen molar-refractivity contribution in [2.24, 2.45) is 5.73 Å². The second-order valence-corrected chi connectivity index (χ2v) is 11.4. The smallest absolute Gasteiger partial charge is 0.414 e. The average molecular weight is 625 g/mol. The number of ether oxygens (including phenoxy) is 1. The second kappa shape index (κ2) is 11.6. The Kier molecular flexibility index (Phi) is 7.74. The lowest BCUT2D eigenvalue weighted by molar-refractivity contribution is -0.120. The van der Waals surface area contributed by atoms with Crippen LogP contribution in [-0.4, -0.2) is 77.8 Å². The molecular weight excluding hydrogens is 594 g/mol. The molecule has 0 bridgehead atoms. The molecule has 2 aromatic carbocycles. The van der Waals surface area contributed by atoms with Gasteiger partial charge in [0.1, 0.15) is 41.2 Å². The van der Waals surface area contributed by atoms with Gasteiger partial charge >= 0.3 is 12.1 Å². The maximum Gasteiger partial charge on any atom is 0.414 e. The summed E-state index contributed by atoms with van der Waals surface area (Å²) in [5.41, 5.74) is 5.15. The number of Topliss-reactive ketones (excluding diaryl/α,β-unsaturated/α-hetero) is 1. The van der Waals surface area contributed by atoms with E-state index in [4.69, 9.17) is 10.5 Å². The van der Waals surface area contributed by atoms with Crippen LogP contribution in [-0.2, 0) is 14.3 Å². The van der Waals surface area contributed by atoms with E-state index in [-0.39, 0.29) is 47.4 Å². The number of carbonyl (C=O) groups is 4. The predicted octanol–water partition coefficient (Wildman–Crippen LogP) is 1.97. The van der Waals surface area contributed by atoms with E-state index >= 15 is 8.78 Å². The van der Waals surface area contributed by atoms with Gasteiger partial charge in [0.05, 0.1) is 29.1 Å². The number of rotatable bonds is 8. The zero-order valence-electron chi connectivity index (χ0n) is 24.1. The standard InChI is InChI=1S/C30H30F2N6O7/c1-14(39)26(33)25-13-38(30(44)45-25)16-4-5-21(19(31)8-16)35-28(41)22-12-36(7-6-34-22)24-10-23-17(9-20(24)32)27(40)18(29(42)43)11-37(23)15-2-3-15/h4-5,8-11,15,22,25-26,34H,2-3,6-7,12-13,33H2,1H3,(H,35,41)(H,42,43)/t22-,25+,26?/m1/s1. The Labute approximate surface area is 254 Å². The Balaban J connectivity index is 1.18. The number of anilines is 3. The molecule has 13 nitrogen and oxygen atoms in total. The number of aromatic nitrogens is 1. The van der Waals surface area contributed by atoms with E-state index in [0.717, 1.165) is 29.9 Å². The SMILES string of the molecule is CC(=O)C(N)[C@@H]1CN(c2ccc(NC(=O)[C@H]3CN(c4cc5c(cc4F)c(=O)c(C(=O)O)cn5C4CC4)CCN3)c(F)c2)C(=O)O1. The lowest BCUT2D eigenvalue weighted by Crippen LogP contribution is -2.56. The van der Waals surface area contributed by atoms with Gasteiger partial charge in [0.25, 0.3) is 0 Å². The maximum atomic E-state index is 15.4. The zero-order chi connectivity index (χ0) is 32.2. The number of hydrogen-bond donors (Lipinski definition) is 4. The molecule has 0 radical (unpaired) electrons. The molecule has 6 rings (SSSR count). The van der Waals surface area contributed by atoms with Crippen LogP contribution in [0.15, 0.2) is 41.3 Å². The number of cyclic esters (lactones) is 1. The van der Waals surface area contributed by atoms with Gasteiger partial charge in [0.15, 0.2) is 0 Å². The molecule has 0 spiro atoms. The number of ketones is 1. The van der Waals surface area contributed by atoms with Crippen molar-refractivity contribution in [3.8, 4) is 0 Å². The summed E-state index contributed by atoms with van der Waals surface area (Å²) in [4.78, 5) is 64.3. The van der Waals surface area contributed by atoms with E-state index in [9.17, 15) is 29.1 Å². The number of halogens is 2. The zero-order valence-corrected chi connectivity index (χ0v) is 24.1. The molecule has 3 aromatic rings. The summed E-state index contributed by atoms with van der Waals surface area (Å²) in [5.74, 6) is -3.88. The summed E-state index contributed by atoms with van der Waals surface area (Å²) < 4.78 is 37.4. The van der Waals surface area contributed by atoms with E-state index in [1.165, 1.54) is 31.3 Å². The summed E-state index contributed by atoms with van der Waals surface area (Å²) in [7, 11) is 0. The van der Waals surface area contributed by atoms with E-state index in [1.807, 2.05) is 0 Å². The fraction of sp³-hybridized carbons (Fsp3) is 0.367. The Bertz CT molecular complexity index is 1810. The summed E-state index contributed by atoms with van der Waals surface area (Å²) in [6.07, 6.45) is 1.24. The molecular formula is C30H30F2N6O7. The van der Waals surface area contributed by atoms with Crippen LogP contribution in [0.5, 0.6) is 0 Å². The summed E-state index contributed by atoms with van der Waals surface area (Å²) >= 11 is 0. The molecule has 2 amide bonds. The molecule has 15 heteroatoms. The van der Waals surface area contributed by atoms with Crippen LogP contribution < -0.4 is 31.6 Å². The van der Waals surface area contributed by atoms with Gasteiger partial charge in [0, 0.05) is 37.3 Å². The van der Waals surface area contributed by atoms with Crippen LogP contribution in [0.3, 0.4) is 0 Å². The van der Waals surface area contributed by atoms with Crippen LogP contribution in [0.4, 0.5) is 30.6 Å². The number of hydrogen-bond acceptors (Lipinski definition) is 9. The molecule has 3 atom stereocenters. The molecule has 3 fully saturated rings. The lowest BCUT2D eigenvalue weighted by Gasteiger charge is -2.35. The number of benzene rings is 2. The van der Waals surface area contributed by atoms with E-state index in [0.29, 0.717) is 18.6 Å². The van der Waals surface area contributed by atoms with Gasteiger partial charge < -0.3 is 35.7 Å². The Morgan fingerprint density at radius 3 is 2.53 bits per heavy atom. The van der Waals surface area contributed by atoms with Gasteiger partial charge in [-0.2, -0.15) is 0 Å². The molecule has 236 valence electrons. The quantitative estimate of drug-likeness (QED) is 0.290. The highest BCUT2D eigenvalue weighted by Gasteiger charge is 2.38. The molecule has 45 heavy (non-hydrogen) atoms.